The van der Waals surface area contributed by atoms with Crippen LogP contribution in [-0.4, -0.2) is 50.2 Å². The molecule has 5 nitrogen and oxygen atoms in total. The van der Waals surface area contributed by atoms with E-state index in [-0.39, 0.29) is 18.6 Å². The minimum Gasteiger partial charge on any atom is -0.497 e. The van der Waals surface area contributed by atoms with E-state index in [0.29, 0.717) is 33.2 Å². The van der Waals surface area contributed by atoms with Crippen molar-refractivity contribution in [1.29, 1.82) is 0 Å². The summed E-state index contributed by atoms with van der Waals surface area (Å²) in [5, 5.41) is 4.25. The quantitative estimate of drug-likeness (QED) is 0.517. The number of piperidine rings is 1. The van der Waals surface area contributed by atoms with Crippen LogP contribution in [0.3, 0.4) is 0 Å². The molecule has 1 saturated carbocycles. The Balaban J connectivity index is 1.09. The van der Waals surface area contributed by atoms with Crippen LogP contribution < -0.4 is 14.8 Å². The van der Waals surface area contributed by atoms with Gasteiger partial charge < -0.3 is 19.7 Å². The third-order valence-electron chi connectivity index (χ3n) is 7.62. The Morgan fingerprint density at radius 2 is 1.89 bits per heavy atom. The number of carbonyl (C=O) groups is 1. The number of nitrogens with one attached hydrogen (secondary N) is 1. The van der Waals surface area contributed by atoms with Crippen molar-refractivity contribution in [1.82, 2.24) is 10.2 Å². The number of ether oxygens (including phenoxy) is 2. The molecular formula is C28H32Cl2N2O3. The normalized spacial score (nSPS) is 22.8. The minimum atomic E-state index is -0.0624. The van der Waals surface area contributed by atoms with E-state index in [2.05, 4.69) is 34.5 Å². The monoisotopic (exact) mass is 514 g/mol. The SMILES string of the molecule is COc1ccc(C2CCN(CC3CCC(NC(=O)C4=Cc5c(Cl)cc(Cl)cc5OC4)C3)CC2)cc1. The molecule has 5 rings (SSSR count). The number of hydrogen-bond donors (Lipinski definition) is 1. The summed E-state index contributed by atoms with van der Waals surface area (Å²) in [6.07, 6.45) is 7.44. The van der Waals surface area contributed by atoms with E-state index >= 15 is 0 Å². The van der Waals surface area contributed by atoms with E-state index in [0.717, 1.165) is 50.2 Å². The van der Waals surface area contributed by atoms with Gasteiger partial charge >= 0.3 is 0 Å². The highest BCUT2D eigenvalue weighted by atomic mass is 35.5. The van der Waals surface area contributed by atoms with Gasteiger partial charge in [0.15, 0.2) is 0 Å². The number of rotatable bonds is 6. The van der Waals surface area contributed by atoms with E-state index in [9.17, 15) is 4.79 Å². The Labute approximate surface area is 217 Å². The molecule has 0 spiro atoms. The standard InChI is InChI=1S/C28H32Cl2N2O3/c1-34-24-6-3-19(4-7-24)20-8-10-32(11-9-20)16-18-2-5-23(12-18)31-28(33)21-13-25-26(30)14-22(29)15-27(25)35-17-21/h3-4,6-7,13-15,18,20,23H,2,5,8-12,16-17H2,1H3,(H,31,33). The first-order valence-electron chi connectivity index (χ1n) is 12.5. The molecule has 1 saturated heterocycles. The molecule has 1 aliphatic carbocycles. The van der Waals surface area contributed by atoms with E-state index in [1.165, 1.54) is 18.4 Å². The molecule has 0 bridgehead atoms. The lowest BCUT2D eigenvalue weighted by molar-refractivity contribution is -0.118. The summed E-state index contributed by atoms with van der Waals surface area (Å²) in [6, 6.07) is 12.2. The number of fused-ring (bicyclic) bond motifs is 1. The molecule has 1 amide bonds. The van der Waals surface area contributed by atoms with Crippen LogP contribution in [0.2, 0.25) is 10.0 Å². The summed E-state index contributed by atoms with van der Waals surface area (Å²) in [5.41, 5.74) is 2.74. The van der Waals surface area contributed by atoms with Crippen LogP contribution in [0.15, 0.2) is 42.0 Å². The van der Waals surface area contributed by atoms with E-state index in [4.69, 9.17) is 32.7 Å². The number of likely N-dealkylation sites (tertiary alicyclic amines) is 1. The lowest BCUT2D eigenvalue weighted by Gasteiger charge is -2.33. The van der Waals surface area contributed by atoms with Gasteiger partial charge in [0, 0.05) is 23.2 Å². The average Bonchev–Trinajstić information content (AvgIpc) is 3.30. The molecule has 2 aliphatic heterocycles. The maximum Gasteiger partial charge on any atom is 0.250 e. The summed E-state index contributed by atoms with van der Waals surface area (Å²) in [5.74, 6) is 2.74. The maximum atomic E-state index is 12.9. The predicted octanol–water partition coefficient (Wildman–Crippen LogP) is 5.94. The van der Waals surface area contributed by atoms with Crippen LogP contribution in [0.25, 0.3) is 6.08 Å². The van der Waals surface area contributed by atoms with Crippen LogP contribution in [0, 0.1) is 5.92 Å². The van der Waals surface area contributed by atoms with Crippen molar-refractivity contribution in [2.24, 2.45) is 5.92 Å². The first-order valence-corrected chi connectivity index (χ1v) is 13.2. The van der Waals surface area contributed by atoms with Crippen LogP contribution in [0.5, 0.6) is 11.5 Å². The van der Waals surface area contributed by atoms with Gasteiger partial charge in [-0.15, -0.1) is 0 Å². The number of amides is 1. The number of nitrogens with zero attached hydrogens (tertiary/aromatic N) is 1. The van der Waals surface area contributed by atoms with Crippen LogP contribution in [-0.2, 0) is 4.79 Å². The topological polar surface area (TPSA) is 50.8 Å². The second-order valence-electron chi connectivity index (χ2n) is 9.96. The number of carbonyl (C=O) groups excluding carboxylic acids is 1. The number of methoxy groups -OCH3 is 1. The molecule has 2 atom stereocenters. The Morgan fingerprint density at radius 3 is 2.63 bits per heavy atom. The second kappa shape index (κ2) is 10.8. The van der Waals surface area contributed by atoms with Crippen molar-refractivity contribution < 1.29 is 14.3 Å². The Bertz CT molecular complexity index is 1090. The lowest BCUT2D eigenvalue weighted by atomic mass is 9.89. The van der Waals surface area contributed by atoms with Gasteiger partial charge in [0.1, 0.15) is 18.1 Å². The van der Waals surface area contributed by atoms with Crippen LogP contribution in [0.4, 0.5) is 0 Å². The fourth-order valence-corrected chi connectivity index (χ4v) is 6.19. The summed E-state index contributed by atoms with van der Waals surface area (Å²) >= 11 is 12.4. The van der Waals surface area contributed by atoms with Gasteiger partial charge in [0.05, 0.1) is 17.7 Å². The molecule has 3 aliphatic rings. The molecule has 2 aromatic carbocycles. The van der Waals surface area contributed by atoms with Crippen molar-refractivity contribution in [2.75, 3.05) is 33.4 Å². The summed E-state index contributed by atoms with van der Waals surface area (Å²) in [7, 11) is 1.71. The Morgan fingerprint density at radius 1 is 1.11 bits per heavy atom. The number of halogens is 2. The molecule has 186 valence electrons. The van der Waals surface area contributed by atoms with Crippen molar-refractivity contribution in [3.05, 3.63) is 63.1 Å². The Kier molecular flexibility index (Phi) is 7.56. The van der Waals surface area contributed by atoms with Gasteiger partial charge in [-0.3, -0.25) is 4.79 Å². The van der Waals surface area contributed by atoms with Crippen molar-refractivity contribution >= 4 is 35.2 Å². The molecule has 1 N–H and O–H groups in total. The predicted molar refractivity (Wildman–Crippen MR) is 141 cm³/mol. The molecule has 0 aromatic heterocycles. The second-order valence-corrected chi connectivity index (χ2v) is 10.8. The zero-order chi connectivity index (χ0) is 24.4. The molecule has 35 heavy (non-hydrogen) atoms. The number of benzene rings is 2. The summed E-state index contributed by atoms with van der Waals surface area (Å²) in [4.78, 5) is 15.5. The summed E-state index contributed by atoms with van der Waals surface area (Å²) in [6.45, 7) is 3.63. The molecule has 2 aromatic rings. The van der Waals surface area contributed by atoms with Crippen molar-refractivity contribution in [2.45, 2.75) is 44.1 Å². The largest absolute Gasteiger partial charge is 0.497 e. The van der Waals surface area contributed by atoms with Crippen LogP contribution in [0.1, 0.15) is 49.1 Å². The van der Waals surface area contributed by atoms with Crippen molar-refractivity contribution in [3.8, 4) is 11.5 Å². The molecule has 2 unspecified atom stereocenters. The van der Waals surface area contributed by atoms with Gasteiger partial charge in [-0.25, -0.2) is 0 Å². The minimum absolute atomic E-state index is 0.0624. The smallest absolute Gasteiger partial charge is 0.250 e. The average molecular weight is 515 g/mol. The maximum absolute atomic E-state index is 12.9. The fraction of sp³-hybridized carbons (Fsp3) is 0.464. The molecule has 7 heteroatoms. The lowest BCUT2D eigenvalue weighted by Crippen LogP contribution is -2.38. The first-order chi connectivity index (χ1) is 17.0. The molecular weight excluding hydrogens is 483 g/mol. The van der Waals surface area contributed by atoms with E-state index in [1.54, 1.807) is 19.2 Å². The zero-order valence-corrected chi connectivity index (χ0v) is 21.6. The zero-order valence-electron chi connectivity index (χ0n) is 20.1. The number of hydrogen-bond acceptors (Lipinski definition) is 4. The van der Waals surface area contributed by atoms with E-state index < -0.39 is 0 Å². The fourth-order valence-electron chi connectivity index (χ4n) is 5.66. The highest BCUT2D eigenvalue weighted by Crippen LogP contribution is 2.36. The molecule has 0 radical (unpaired) electrons. The third kappa shape index (κ3) is 5.79. The summed E-state index contributed by atoms with van der Waals surface area (Å²) < 4.78 is 11.0. The van der Waals surface area contributed by atoms with Gasteiger partial charge in [-0.1, -0.05) is 35.3 Å². The van der Waals surface area contributed by atoms with Crippen molar-refractivity contribution in [3.63, 3.8) is 0 Å². The highest BCUT2D eigenvalue weighted by molar-refractivity contribution is 6.36. The van der Waals surface area contributed by atoms with E-state index in [1.807, 2.05) is 6.08 Å². The van der Waals surface area contributed by atoms with Gasteiger partial charge in [-0.05, 0) is 92.9 Å². The molecule has 2 fully saturated rings. The molecule has 2 heterocycles. The van der Waals surface area contributed by atoms with Crippen LogP contribution >= 0.6 is 23.2 Å². The highest BCUT2D eigenvalue weighted by Gasteiger charge is 2.30. The third-order valence-corrected chi connectivity index (χ3v) is 8.15. The van der Waals surface area contributed by atoms with Gasteiger partial charge in [0.2, 0.25) is 0 Å². The first kappa shape index (κ1) is 24.5. The van der Waals surface area contributed by atoms with Gasteiger partial charge in [0.25, 0.3) is 5.91 Å². The van der Waals surface area contributed by atoms with Gasteiger partial charge in [-0.2, -0.15) is 0 Å². The Hall–Kier alpha value is -2.21.